The van der Waals surface area contributed by atoms with Crippen molar-refractivity contribution in [3.05, 3.63) is 51.9 Å². The van der Waals surface area contributed by atoms with Crippen molar-refractivity contribution in [3.8, 4) is 0 Å². The van der Waals surface area contributed by atoms with Crippen LogP contribution >= 0.6 is 23.2 Å². The van der Waals surface area contributed by atoms with Gasteiger partial charge in [0.1, 0.15) is 5.82 Å². The molecule has 1 aliphatic carbocycles. The minimum Gasteiger partial charge on any atom is -0.370 e. The highest BCUT2D eigenvalue weighted by molar-refractivity contribution is 6.35. The van der Waals surface area contributed by atoms with Crippen molar-refractivity contribution < 1.29 is 4.74 Å². The maximum absolute atomic E-state index is 6.46. The van der Waals surface area contributed by atoms with E-state index in [1.807, 2.05) is 13.1 Å². The first-order chi connectivity index (χ1) is 16.0. The number of fused-ring (bicyclic) bond motifs is 1. The van der Waals surface area contributed by atoms with E-state index >= 15 is 0 Å². The lowest BCUT2D eigenvalue weighted by atomic mass is 9.78. The smallest absolute Gasteiger partial charge is 0.128 e. The fourth-order valence-corrected chi connectivity index (χ4v) is 6.67. The zero-order chi connectivity index (χ0) is 22.6. The van der Waals surface area contributed by atoms with Gasteiger partial charge in [-0.25, -0.2) is 10.4 Å². The van der Waals surface area contributed by atoms with Crippen molar-refractivity contribution in [1.29, 1.82) is 0 Å². The predicted molar refractivity (Wildman–Crippen MR) is 129 cm³/mol. The maximum atomic E-state index is 6.46. The zero-order valence-electron chi connectivity index (χ0n) is 18.7. The standard InChI is InChI=1S/C24H30Cl2N6O/c1-14(22-18(25)10-27-11-19(22)26)33-16-3-4-20-17(8-16)23(31-30-20)15-2-5-21(28-9-15)32-12-24(13-32)6-7-29-24/h2,5,9-11,14,16-17,20,23,29-31H,3-4,6-8,12-13H2,1H3/t14-,16?,17?,20?,23?/m1/s1. The second-order valence-electron chi connectivity index (χ2n) is 10.0. The van der Waals surface area contributed by atoms with Crippen LogP contribution in [0.25, 0.3) is 0 Å². The zero-order valence-corrected chi connectivity index (χ0v) is 20.2. The molecule has 4 unspecified atom stereocenters. The summed E-state index contributed by atoms with van der Waals surface area (Å²) in [6, 6.07) is 5.06. The lowest BCUT2D eigenvalue weighted by molar-refractivity contribution is -0.0370. The van der Waals surface area contributed by atoms with Crippen molar-refractivity contribution in [2.45, 2.75) is 62.4 Å². The van der Waals surface area contributed by atoms with Crippen molar-refractivity contribution in [2.24, 2.45) is 5.92 Å². The molecule has 0 aromatic carbocycles. The number of nitrogens with zero attached hydrogens (tertiary/aromatic N) is 3. The topological polar surface area (TPSA) is 74.3 Å². The van der Waals surface area contributed by atoms with Gasteiger partial charge in [-0.2, -0.15) is 0 Å². The minimum atomic E-state index is -0.179. The van der Waals surface area contributed by atoms with E-state index in [0.717, 1.165) is 50.3 Å². The van der Waals surface area contributed by atoms with Crippen LogP contribution in [0.2, 0.25) is 10.0 Å². The van der Waals surface area contributed by atoms with Gasteiger partial charge in [0.2, 0.25) is 0 Å². The Labute approximate surface area is 204 Å². The predicted octanol–water partition coefficient (Wildman–Crippen LogP) is 3.80. The van der Waals surface area contributed by atoms with Crippen LogP contribution in [0.1, 0.15) is 55.9 Å². The van der Waals surface area contributed by atoms with Gasteiger partial charge in [-0.05, 0) is 56.7 Å². The molecule has 2 aromatic heterocycles. The quantitative estimate of drug-likeness (QED) is 0.590. The normalized spacial score (nSPS) is 31.1. The molecule has 33 heavy (non-hydrogen) atoms. The Hall–Kier alpha value is -1.48. The van der Waals surface area contributed by atoms with Crippen LogP contribution in [0.5, 0.6) is 0 Å². The Bertz CT molecular complexity index is 988. The van der Waals surface area contributed by atoms with E-state index in [1.54, 1.807) is 12.4 Å². The molecule has 1 spiro atoms. The van der Waals surface area contributed by atoms with E-state index in [-0.39, 0.29) is 18.2 Å². The van der Waals surface area contributed by atoms with Gasteiger partial charge < -0.3 is 15.0 Å². The third-order valence-corrected chi connectivity index (χ3v) is 8.54. The molecule has 2 aromatic rings. The summed E-state index contributed by atoms with van der Waals surface area (Å²) in [6.45, 7) is 5.30. The van der Waals surface area contributed by atoms with Crippen LogP contribution in [-0.4, -0.2) is 47.3 Å². The number of anilines is 1. The van der Waals surface area contributed by atoms with Crippen LogP contribution < -0.4 is 21.1 Å². The van der Waals surface area contributed by atoms with E-state index in [2.05, 4.69) is 38.2 Å². The van der Waals surface area contributed by atoms with Gasteiger partial charge in [0, 0.05) is 43.3 Å². The van der Waals surface area contributed by atoms with Crippen molar-refractivity contribution >= 4 is 29.0 Å². The fraction of sp³-hybridized carbons (Fsp3) is 0.583. The number of ether oxygens (including phenoxy) is 1. The number of rotatable bonds is 5. The van der Waals surface area contributed by atoms with E-state index < -0.39 is 0 Å². The van der Waals surface area contributed by atoms with Gasteiger partial charge in [-0.1, -0.05) is 29.3 Å². The number of aromatic nitrogens is 2. The number of nitrogens with one attached hydrogen (secondary N) is 3. The minimum absolute atomic E-state index is 0.158. The van der Waals surface area contributed by atoms with E-state index in [4.69, 9.17) is 32.9 Å². The van der Waals surface area contributed by atoms with E-state index in [9.17, 15) is 0 Å². The van der Waals surface area contributed by atoms with Crippen LogP contribution in [0.3, 0.4) is 0 Å². The summed E-state index contributed by atoms with van der Waals surface area (Å²) in [4.78, 5) is 11.2. The fourth-order valence-electron chi connectivity index (χ4n) is 6.00. The molecule has 5 atom stereocenters. The first-order valence-electron chi connectivity index (χ1n) is 11.9. The lowest BCUT2D eigenvalue weighted by Gasteiger charge is -2.56. The third-order valence-electron chi connectivity index (χ3n) is 7.94. The summed E-state index contributed by atoms with van der Waals surface area (Å²) in [6.07, 6.45) is 9.60. The molecule has 3 saturated heterocycles. The molecule has 0 amide bonds. The van der Waals surface area contributed by atoms with E-state index in [1.165, 1.54) is 12.0 Å². The second-order valence-corrected chi connectivity index (χ2v) is 10.8. The van der Waals surface area contributed by atoms with Crippen molar-refractivity contribution in [2.75, 3.05) is 24.5 Å². The SMILES string of the molecule is C[C@@H](OC1CCC2NNC(c3ccc(N4CC5(CCN5)C4)nc3)C2C1)c1c(Cl)cncc1Cl. The van der Waals surface area contributed by atoms with Crippen molar-refractivity contribution in [1.82, 2.24) is 26.1 Å². The number of hydrogen-bond donors (Lipinski definition) is 3. The molecule has 6 rings (SSSR count). The number of halogens is 2. The van der Waals surface area contributed by atoms with Crippen LogP contribution in [0, 0.1) is 5.92 Å². The van der Waals surface area contributed by atoms with Gasteiger partial charge >= 0.3 is 0 Å². The highest BCUT2D eigenvalue weighted by Gasteiger charge is 2.48. The molecule has 3 aliphatic heterocycles. The number of hydrazine groups is 1. The Morgan fingerprint density at radius 3 is 2.58 bits per heavy atom. The summed E-state index contributed by atoms with van der Waals surface area (Å²) < 4.78 is 6.46. The Morgan fingerprint density at radius 1 is 1.12 bits per heavy atom. The molecule has 4 fully saturated rings. The molecule has 0 radical (unpaired) electrons. The van der Waals surface area contributed by atoms with E-state index in [0.29, 0.717) is 27.5 Å². The molecule has 7 nitrogen and oxygen atoms in total. The van der Waals surface area contributed by atoms with Crippen LogP contribution in [0.4, 0.5) is 5.82 Å². The molecule has 5 heterocycles. The molecule has 0 bridgehead atoms. The molecular weight excluding hydrogens is 459 g/mol. The lowest BCUT2D eigenvalue weighted by Crippen LogP contribution is -2.76. The monoisotopic (exact) mass is 488 g/mol. The van der Waals surface area contributed by atoms with Gasteiger partial charge in [0.05, 0.1) is 33.8 Å². The number of pyridine rings is 2. The molecule has 1 saturated carbocycles. The molecule has 4 aliphatic rings. The molecule has 3 N–H and O–H groups in total. The third kappa shape index (κ3) is 4.03. The average Bonchev–Trinajstić information content (AvgIpc) is 3.15. The molecular formula is C24H30Cl2N6O. The average molecular weight is 489 g/mol. The highest BCUT2D eigenvalue weighted by Crippen LogP contribution is 2.41. The number of hydrogen-bond acceptors (Lipinski definition) is 7. The van der Waals surface area contributed by atoms with Gasteiger partial charge in [0.25, 0.3) is 0 Å². The summed E-state index contributed by atoms with van der Waals surface area (Å²) in [5.41, 5.74) is 9.45. The Morgan fingerprint density at radius 2 is 1.91 bits per heavy atom. The Balaban J connectivity index is 1.11. The molecule has 9 heteroatoms. The highest BCUT2D eigenvalue weighted by atomic mass is 35.5. The van der Waals surface area contributed by atoms with Gasteiger partial charge in [0.15, 0.2) is 0 Å². The summed E-state index contributed by atoms with van der Waals surface area (Å²) in [5, 5.41) is 4.67. The van der Waals surface area contributed by atoms with Gasteiger partial charge in [-0.3, -0.25) is 10.4 Å². The summed E-state index contributed by atoms with van der Waals surface area (Å²) in [5.74, 6) is 1.52. The first kappa shape index (κ1) is 22.0. The summed E-state index contributed by atoms with van der Waals surface area (Å²) in [7, 11) is 0. The Kier molecular flexibility index (Phi) is 5.76. The van der Waals surface area contributed by atoms with Crippen LogP contribution in [-0.2, 0) is 4.74 Å². The summed E-state index contributed by atoms with van der Waals surface area (Å²) >= 11 is 12.7. The second kappa shape index (κ2) is 8.63. The molecule has 176 valence electrons. The first-order valence-corrected chi connectivity index (χ1v) is 12.7. The van der Waals surface area contributed by atoms with Crippen molar-refractivity contribution in [3.63, 3.8) is 0 Å². The van der Waals surface area contributed by atoms with Gasteiger partial charge in [-0.15, -0.1) is 0 Å². The maximum Gasteiger partial charge on any atom is 0.128 e. The van der Waals surface area contributed by atoms with Crippen LogP contribution in [0.15, 0.2) is 30.7 Å². The largest absolute Gasteiger partial charge is 0.370 e.